The second kappa shape index (κ2) is 3.89. The first-order valence-electron chi connectivity index (χ1n) is 3.92. The Bertz CT molecular complexity index is 178. The molecule has 68 valence electrons. The van der Waals surface area contributed by atoms with E-state index in [2.05, 4.69) is 10.7 Å². The van der Waals surface area contributed by atoms with Crippen LogP contribution in [0.1, 0.15) is 25.7 Å². The topological polar surface area (TPSA) is 87.8 Å². The van der Waals surface area contributed by atoms with E-state index in [0.29, 0.717) is 0 Å². The van der Waals surface area contributed by atoms with Crippen LogP contribution in [0, 0.1) is 4.91 Å². The lowest BCUT2D eigenvalue weighted by Gasteiger charge is -2.20. The van der Waals surface area contributed by atoms with Crippen molar-refractivity contribution in [3.63, 3.8) is 0 Å². The van der Waals surface area contributed by atoms with E-state index in [4.69, 9.17) is 5.73 Å². The van der Waals surface area contributed by atoms with E-state index < -0.39 is 6.03 Å². The summed E-state index contributed by atoms with van der Waals surface area (Å²) >= 11 is 0. The number of nitroso groups, excluding NO2 is 1. The van der Waals surface area contributed by atoms with Crippen LogP contribution >= 0.6 is 0 Å². The van der Waals surface area contributed by atoms with E-state index in [1.54, 1.807) is 0 Å². The van der Waals surface area contributed by atoms with Gasteiger partial charge in [-0.1, -0.05) is 12.8 Å². The van der Waals surface area contributed by atoms with Gasteiger partial charge in [0.25, 0.3) is 0 Å². The summed E-state index contributed by atoms with van der Waals surface area (Å²) in [6.45, 7) is 0. The number of primary amides is 1. The van der Waals surface area contributed by atoms with Crippen LogP contribution in [0.4, 0.5) is 4.79 Å². The van der Waals surface area contributed by atoms with Gasteiger partial charge in [0.1, 0.15) is 0 Å². The van der Waals surface area contributed by atoms with Crippen molar-refractivity contribution < 1.29 is 4.79 Å². The molecule has 0 spiro atoms. The Morgan fingerprint density at radius 2 is 2.08 bits per heavy atom. The third-order valence-corrected chi connectivity index (χ3v) is 1.98. The van der Waals surface area contributed by atoms with Crippen molar-refractivity contribution in [1.29, 1.82) is 0 Å². The van der Waals surface area contributed by atoms with Gasteiger partial charge in [0, 0.05) is 0 Å². The third kappa shape index (κ3) is 2.08. The lowest BCUT2D eigenvalue weighted by Crippen LogP contribution is -2.46. The smallest absolute Gasteiger partial charge is 0.332 e. The lowest BCUT2D eigenvalue weighted by atomic mass is 10.3. The van der Waals surface area contributed by atoms with Gasteiger partial charge in [0.2, 0.25) is 0 Å². The molecular weight excluding hydrogens is 160 g/mol. The van der Waals surface area contributed by atoms with E-state index in [-0.39, 0.29) is 6.04 Å². The van der Waals surface area contributed by atoms with Gasteiger partial charge < -0.3 is 5.73 Å². The van der Waals surface area contributed by atoms with Crippen LogP contribution in [-0.2, 0) is 0 Å². The fourth-order valence-corrected chi connectivity index (χ4v) is 1.44. The molecule has 0 aromatic heterocycles. The highest BCUT2D eigenvalue weighted by atomic mass is 16.3. The SMILES string of the molecule is NC(=O)NN(N=O)C1CCCC1. The van der Waals surface area contributed by atoms with Crippen molar-refractivity contribution in [1.82, 2.24) is 10.5 Å². The minimum Gasteiger partial charge on any atom is -0.350 e. The molecule has 1 aliphatic rings. The molecular formula is C6H12N4O2. The summed E-state index contributed by atoms with van der Waals surface area (Å²) in [5.41, 5.74) is 7.01. The number of hydrogen-bond donors (Lipinski definition) is 2. The summed E-state index contributed by atoms with van der Waals surface area (Å²) in [6, 6.07) is -0.725. The van der Waals surface area contributed by atoms with E-state index >= 15 is 0 Å². The average molecular weight is 172 g/mol. The molecule has 1 saturated carbocycles. The van der Waals surface area contributed by atoms with Gasteiger partial charge in [-0.15, -0.1) is 4.91 Å². The fraction of sp³-hybridized carbons (Fsp3) is 0.833. The summed E-state index contributed by atoms with van der Waals surface area (Å²) < 4.78 is 0. The number of urea groups is 1. The minimum absolute atomic E-state index is 0.0231. The predicted octanol–water partition coefficient (Wildman–Crippen LogP) is 0.496. The molecule has 1 aliphatic carbocycles. The first kappa shape index (κ1) is 8.76. The lowest BCUT2D eigenvalue weighted by molar-refractivity contribution is 0.139. The van der Waals surface area contributed by atoms with Gasteiger partial charge in [-0.05, 0) is 12.8 Å². The molecule has 1 fully saturated rings. The van der Waals surface area contributed by atoms with E-state index in [0.717, 1.165) is 30.8 Å². The summed E-state index contributed by atoms with van der Waals surface area (Å²) in [4.78, 5) is 20.6. The number of hydrazine groups is 1. The van der Waals surface area contributed by atoms with Gasteiger partial charge in [-0.25, -0.2) is 10.2 Å². The predicted molar refractivity (Wildman–Crippen MR) is 42.6 cm³/mol. The zero-order valence-corrected chi connectivity index (χ0v) is 6.69. The van der Waals surface area contributed by atoms with Crippen LogP contribution < -0.4 is 11.2 Å². The number of carbonyl (C=O) groups excluding carboxylic acids is 1. The minimum atomic E-state index is -0.749. The standard InChI is InChI=1S/C6H12N4O2/c7-6(11)8-10(9-12)5-3-1-2-4-5/h5H,1-4H2,(H3,7,8,11). The molecule has 0 aliphatic heterocycles. The second-order valence-electron chi connectivity index (χ2n) is 2.84. The van der Waals surface area contributed by atoms with Gasteiger partial charge in [0.05, 0.1) is 11.3 Å². The van der Waals surface area contributed by atoms with Gasteiger partial charge in [0.15, 0.2) is 0 Å². The van der Waals surface area contributed by atoms with Crippen molar-refractivity contribution in [2.24, 2.45) is 11.0 Å². The van der Waals surface area contributed by atoms with Crippen LogP contribution in [0.3, 0.4) is 0 Å². The molecule has 0 radical (unpaired) electrons. The number of nitrogens with two attached hydrogens (primary N) is 1. The molecule has 0 unspecified atom stereocenters. The quantitative estimate of drug-likeness (QED) is 0.479. The molecule has 0 aromatic carbocycles. The number of nitrogens with zero attached hydrogens (tertiary/aromatic N) is 2. The molecule has 6 heteroatoms. The molecule has 3 N–H and O–H groups in total. The highest BCUT2D eigenvalue weighted by Crippen LogP contribution is 2.22. The van der Waals surface area contributed by atoms with Crippen molar-refractivity contribution in [3.8, 4) is 0 Å². The van der Waals surface area contributed by atoms with Crippen LogP contribution in [-0.4, -0.2) is 17.2 Å². The normalized spacial score (nSPS) is 17.3. The number of carbonyl (C=O) groups is 1. The monoisotopic (exact) mass is 172 g/mol. The van der Waals surface area contributed by atoms with E-state index in [1.807, 2.05) is 0 Å². The van der Waals surface area contributed by atoms with Crippen LogP contribution in [0.5, 0.6) is 0 Å². The Balaban J connectivity index is 2.42. The first-order chi connectivity index (χ1) is 5.74. The molecule has 0 heterocycles. The van der Waals surface area contributed by atoms with Gasteiger partial charge in [-0.2, -0.15) is 5.12 Å². The maximum absolute atomic E-state index is 10.4. The summed E-state index contributed by atoms with van der Waals surface area (Å²) in [7, 11) is 0. The first-order valence-corrected chi connectivity index (χ1v) is 3.92. The highest BCUT2D eigenvalue weighted by Gasteiger charge is 2.23. The Morgan fingerprint density at radius 3 is 2.50 bits per heavy atom. The van der Waals surface area contributed by atoms with Crippen LogP contribution in [0.25, 0.3) is 0 Å². The Labute approximate surface area is 70.0 Å². The third-order valence-electron chi connectivity index (χ3n) is 1.98. The van der Waals surface area contributed by atoms with Crippen molar-refractivity contribution in [3.05, 3.63) is 4.91 Å². The molecule has 2 amide bonds. The second-order valence-corrected chi connectivity index (χ2v) is 2.84. The molecule has 1 rings (SSSR count). The Kier molecular flexibility index (Phi) is 2.84. The number of rotatable bonds is 3. The molecule has 0 aromatic rings. The van der Waals surface area contributed by atoms with Crippen molar-refractivity contribution in [2.45, 2.75) is 31.7 Å². The van der Waals surface area contributed by atoms with E-state index in [9.17, 15) is 9.70 Å². The largest absolute Gasteiger partial charge is 0.350 e. The molecule has 0 atom stereocenters. The van der Waals surface area contributed by atoms with Gasteiger partial charge in [-0.3, -0.25) is 0 Å². The number of amides is 2. The zero-order valence-electron chi connectivity index (χ0n) is 6.69. The Hall–Kier alpha value is -1.33. The van der Waals surface area contributed by atoms with E-state index in [1.165, 1.54) is 0 Å². The maximum atomic E-state index is 10.4. The summed E-state index contributed by atoms with van der Waals surface area (Å²) in [5.74, 6) is 0. The molecule has 0 bridgehead atoms. The van der Waals surface area contributed by atoms with Crippen molar-refractivity contribution in [2.75, 3.05) is 0 Å². The zero-order chi connectivity index (χ0) is 8.97. The number of nitrogens with one attached hydrogen (secondary N) is 1. The molecule has 0 saturated heterocycles. The van der Waals surface area contributed by atoms with Crippen LogP contribution in [0.2, 0.25) is 0 Å². The summed E-state index contributed by atoms with van der Waals surface area (Å²) in [5, 5.41) is 3.69. The maximum Gasteiger partial charge on any atom is 0.332 e. The average Bonchev–Trinajstić information content (AvgIpc) is 2.51. The van der Waals surface area contributed by atoms with Gasteiger partial charge >= 0.3 is 6.03 Å². The molecule has 12 heavy (non-hydrogen) atoms. The molecule has 6 nitrogen and oxygen atoms in total. The van der Waals surface area contributed by atoms with Crippen molar-refractivity contribution >= 4 is 6.03 Å². The Morgan fingerprint density at radius 1 is 1.50 bits per heavy atom. The fourth-order valence-electron chi connectivity index (χ4n) is 1.44. The number of hydrogen-bond acceptors (Lipinski definition) is 3. The van der Waals surface area contributed by atoms with Crippen LogP contribution in [0.15, 0.2) is 5.29 Å². The highest BCUT2D eigenvalue weighted by molar-refractivity contribution is 5.70. The summed E-state index contributed by atoms with van der Waals surface area (Å²) in [6.07, 6.45) is 3.90.